The van der Waals surface area contributed by atoms with Crippen molar-refractivity contribution in [1.29, 1.82) is 0 Å². The van der Waals surface area contributed by atoms with E-state index in [4.69, 9.17) is 23.2 Å². The Kier molecular flexibility index (Phi) is 4.25. The van der Waals surface area contributed by atoms with Crippen molar-refractivity contribution < 1.29 is 4.79 Å². The maximum atomic E-state index is 11.5. The second kappa shape index (κ2) is 5.70. The van der Waals surface area contributed by atoms with Crippen molar-refractivity contribution in [3.8, 4) is 0 Å². The predicted molar refractivity (Wildman–Crippen MR) is 71.7 cm³/mol. The van der Waals surface area contributed by atoms with Gasteiger partial charge in [-0.05, 0) is 49.5 Å². The summed E-state index contributed by atoms with van der Waals surface area (Å²) in [6.07, 6.45) is 6.29. The van der Waals surface area contributed by atoms with Crippen molar-refractivity contribution in [2.75, 3.05) is 0 Å². The average molecular weight is 269 g/mol. The van der Waals surface area contributed by atoms with Crippen molar-refractivity contribution in [3.05, 3.63) is 45.5 Å². The average Bonchev–Trinajstić information content (AvgIpc) is 2.47. The SMILES string of the molecule is O=C1C=C(Cc2ccc(Cl)cc2Cl)CCCC1. The van der Waals surface area contributed by atoms with Gasteiger partial charge in [-0.2, -0.15) is 0 Å². The molecule has 0 fully saturated rings. The molecule has 0 saturated heterocycles. The van der Waals surface area contributed by atoms with Crippen LogP contribution in [0.2, 0.25) is 10.0 Å². The van der Waals surface area contributed by atoms with E-state index in [0.717, 1.165) is 31.2 Å². The van der Waals surface area contributed by atoms with Crippen molar-refractivity contribution in [2.45, 2.75) is 32.1 Å². The van der Waals surface area contributed by atoms with Gasteiger partial charge in [-0.3, -0.25) is 4.79 Å². The molecule has 0 spiro atoms. The summed E-state index contributed by atoms with van der Waals surface area (Å²) in [6.45, 7) is 0. The quantitative estimate of drug-likeness (QED) is 0.766. The zero-order chi connectivity index (χ0) is 12.3. The molecule has 1 nitrogen and oxygen atoms in total. The maximum Gasteiger partial charge on any atom is 0.155 e. The van der Waals surface area contributed by atoms with E-state index in [1.807, 2.05) is 12.1 Å². The third-order valence-electron chi connectivity index (χ3n) is 2.97. The first kappa shape index (κ1) is 12.7. The van der Waals surface area contributed by atoms with Gasteiger partial charge in [0.1, 0.15) is 0 Å². The molecule has 17 heavy (non-hydrogen) atoms. The summed E-state index contributed by atoms with van der Waals surface area (Å²) >= 11 is 12.0. The maximum absolute atomic E-state index is 11.5. The van der Waals surface area contributed by atoms with Crippen molar-refractivity contribution >= 4 is 29.0 Å². The number of halogens is 2. The molecule has 0 unspecified atom stereocenters. The van der Waals surface area contributed by atoms with Gasteiger partial charge in [-0.1, -0.05) is 34.8 Å². The highest BCUT2D eigenvalue weighted by Gasteiger charge is 2.10. The fourth-order valence-electron chi connectivity index (χ4n) is 2.07. The summed E-state index contributed by atoms with van der Waals surface area (Å²) in [5.41, 5.74) is 2.22. The van der Waals surface area contributed by atoms with Crippen LogP contribution in [0.25, 0.3) is 0 Å². The van der Waals surface area contributed by atoms with Gasteiger partial charge in [-0.25, -0.2) is 0 Å². The number of benzene rings is 1. The minimum Gasteiger partial charge on any atom is -0.295 e. The van der Waals surface area contributed by atoms with E-state index in [1.165, 1.54) is 5.57 Å². The second-order valence-electron chi connectivity index (χ2n) is 4.39. The van der Waals surface area contributed by atoms with E-state index in [0.29, 0.717) is 16.5 Å². The first-order valence-corrected chi connectivity index (χ1v) is 6.57. The molecular weight excluding hydrogens is 255 g/mol. The van der Waals surface area contributed by atoms with Crippen LogP contribution in [0.5, 0.6) is 0 Å². The van der Waals surface area contributed by atoms with Crippen LogP contribution in [-0.2, 0) is 11.2 Å². The van der Waals surface area contributed by atoms with Gasteiger partial charge in [0, 0.05) is 16.5 Å². The van der Waals surface area contributed by atoms with Gasteiger partial charge in [0.05, 0.1) is 0 Å². The molecule has 1 aromatic rings. The van der Waals surface area contributed by atoms with Crippen LogP contribution in [0.3, 0.4) is 0 Å². The van der Waals surface area contributed by atoms with E-state index in [-0.39, 0.29) is 5.78 Å². The summed E-state index contributed by atoms with van der Waals surface area (Å²) in [5, 5.41) is 1.32. The van der Waals surface area contributed by atoms with E-state index < -0.39 is 0 Å². The number of carbonyl (C=O) groups excluding carboxylic acids is 1. The minimum atomic E-state index is 0.239. The van der Waals surface area contributed by atoms with Crippen molar-refractivity contribution in [3.63, 3.8) is 0 Å². The number of ketones is 1. The fourth-order valence-corrected chi connectivity index (χ4v) is 2.55. The Labute approximate surface area is 111 Å². The van der Waals surface area contributed by atoms with Crippen LogP contribution in [0, 0.1) is 0 Å². The van der Waals surface area contributed by atoms with Crippen LogP contribution in [0.1, 0.15) is 31.2 Å². The van der Waals surface area contributed by atoms with E-state index in [1.54, 1.807) is 12.1 Å². The number of rotatable bonds is 2. The Morgan fingerprint density at radius 3 is 2.65 bits per heavy atom. The summed E-state index contributed by atoms with van der Waals surface area (Å²) in [7, 11) is 0. The molecule has 0 saturated carbocycles. The Morgan fingerprint density at radius 1 is 1.12 bits per heavy atom. The Balaban J connectivity index is 2.16. The van der Waals surface area contributed by atoms with E-state index >= 15 is 0 Å². The van der Waals surface area contributed by atoms with Crippen molar-refractivity contribution in [2.24, 2.45) is 0 Å². The van der Waals surface area contributed by atoms with Gasteiger partial charge in [-0.15, -0.1) is 0 Å². The predicted octanol–water partition coefficient (Wildman–Crippen LogP) is 4.61. The highest BCUT2D eigenvalue weighted by atomic mass is 35.5. The standard InChI is InChI=1S/C14H14Cl2O/c15-12-6-5-11(14(16)9-12)7-10-3-1-2-4-13(17)8-10/h5-6,8-9H,1-4,7H2. The lowest BCUT2D eigenvalue weighted by Crippen LogP contribution is -1.94. The van der Waals surface area contributed by atoms with Gasteiger partial charge in [0.2, 0.25) is 0 Å². The Morgan fingerprint density at radius 2 is 1.88 bits per heavy atom. The molecule has 0 amide bonds. The van der Waals surface area contributed by atoms with E-state index in [2.05, 4.69) is 0 Å². The first-order valence-electron chi connectivity index (χ1n) is 5.81. The Bertz CT molecular complexity index is 463. The molecule has 1 aromatic carbocycles. The number of hydrogen-bond acceptors (Lipinski definition) is 1. The van der Waals surface area contributed by atoms with Crippen LogP contribution in [0.4, 0.5) is 0 Å². The zero-order valence-electron chi connectivity index (χ0n) is 9.51. The third kappa shape index (κ3) is 3.58. The molecule has 0 aromatic heterocycles. The van der Waals surface area contributed by atoms with Crippen LogP contribution in [0.15, 0.2) is 29.8 Å². The topological polar surface area (TPSA) is 17.1 Å². The smallest absolute Gasteiger partial charge is 0.155 e. The highest BCUT2D eigenvalue weighted by Crippen LogP contribution is 2.26. The van der Waals surface area contributed by atoms with Crippen LogP contribution in [-0.4, -0.2) is 5.78 Å². The van der Waals surface area contributed by atoms with E-state index in [9.17, 15) is 4.79 Å². The van der Waals surface area contributed by atoms with Gasteiger partial charge < -0.3 is 0 Å². The molecule has 2 rings (SSSR count). The van der Waals surface area contributed by atoms with Crippen molar-refractivity contribution in [1.82, 2.24) is 0 Å². The lowest BCUT2D eigenvalue weighted by molar-refractivity contribution is -0.114. The second-order valence-corrected chi connectivity index (χ2v) is 5.23. The largest absolute Gasteiger partial charge is 0.295 e. The summed E-state index contributed by atoms with van der Waals surface area (Å²) in [5.74, 6) is 0.239. The third-order valence-corrected chi connectivity index (χ3v) is 3.56. The molecule has 0 aliphatic heterocycles. The summed E-state index contributed by atoms with van der Waals surface area (Å²) in [6, 6.07) is 5.51. The molecule has 1 aliphatic rings. The first-order chi connectivity index (χ1) is 8.15. The van der Waals surface area contributed by atoms with Gasteiger partial charge in [0.25, 0.3) is 0 Å². The van der Waals surface area contributed by atoms with Gasteiger partial charge in [0.15, 0.2) is 5.78 Å². The van der Waals surface area contributed by atoms with Crippen LogP contribution < -0.4 is 0 Å². The molecular formula is C14H14Cl2O. The molecule has 0 atom stereocenters. The molecule has 0 heterocycles. The lowest BCUT2D eigenvalue weighted by Gasteiger charge is -2.07. The minimum absolute atomic E-state index is 0.239. The normalized spacial score (nSPS) is 16.6. The highest BCUT2D eigenvalue weighted by molar-refractivity contribution is 6.35. The Hall–Kier alpha value is -0.790. The molecule has 1 aliphatic carbocycles. The number of hydrogen-bond donors (Lipinski definition) is 0. The number of allylic oxidation sites excluding steroid dienone is 2. The van der Waals surface area contributed by atoms with Crippen LogP contribution >= 0.6 is 23.2 Å². The monoisotopic (exact) mass is 268 g/mol. The fraction of sp³-hybridized carbons (Fsp3) is 0.357. The summed E-state index contributed by atoms with van der Waals surface area (Å²) < 4.78 is 0. The molecule has 3 heteroatoms. The molecule has 0 bridgehead atoms. The molecule has 90 valence electrons. The van der Waals surface area contributed by atoms with Gasteiger partial charge >= 0.3 is 0 Å². The summed E-state index contributed by atoms with van der Waals surface area (Å²) in [4.78, 5) is 11.5. The lowest BCUT2D eigenvalue weighted by atomic mass is 10.0. The number of carbonyl (C=O) groups is 1. The molecule has 0 N–H and O–H groups in total. The molecule has 0 radical (unpaired) electrons. The zero-order valence-corrected chi connectivity index (χ0v) is 11.0.